The highest BCUT2D eigenvalue weighted by molar-refractivity contribution is 5.71. The Morgan fingerprint density at radius 3 is 2.52 bits per heavy atom. The lowest BCUT2D eigenvalue weighted by molar-refractivity contribution is 0.475. The molecule has 0 fully saturated rings. The highest BCUT2D eigenvalue weighted by Crippen LogP contribution is 2.30. The first-order valence-electron chi connectivity index (χ1n) is 8.23. The van der Waals surface area contributed by atoms with Crippen molar-refractivity contribution in [1.82, 2.24) is 14.9 Å². The minimum Gasteiger partial charge on any atom is -0.508 e. The zero-order chi connectivity index (χ0) is 18.6. The fraction of sp³-hybridized carbons (Fsp3) is 0.0500. The number of phenolic OH excluding ortho intramolecular Hbond substituents is 1. The van der Waals surface area contributed by atoms with E-state index in [1.54, 1.807) is 47.9 Å². The van der Waals surface area contributed by atoms with Gasteiger partial charge in [-0.25, -0.2) is 4.68 Å². The molecule has 0 aliphatic rings. The predicted molar refractivity (Wildman–Crippen MR) is 98.6 cm³/mol. The second-order valence-electron chi connectivity index (χ2n) is 5.88. The van der Waals surface area contributed by atoms with Crippen LogP contribution >= 0.6 is 0 Å². The van der Waals surface area contributed by atoms with Gasteiger partial charge in [-0.05, 0) is 48.0 Å². The SMILES string of the molecule is N#Cc1ccc(N(Cc2ccc(O)cc2)n2cnnc2)cc1-c1ccco1. The van der Waals surface area contributed by atoms with Crippen LogP contribution in [-0.4, -0.2) is 20.0 Å². The van der Waals surface area contributed by atoms with Crippen LogP contribution < -0.4 is 5.01 Å². The Balaban J connectivity index is 1.77. The topological polar surface area (TPSA) is 91.1 Å². The molecule has 27 heavy (non-hydrogen) atoms. The Morgan fingerprint density at radius 2 is 1.85 bits per heavy atom. The number of aromatic hydroxyl groups is 1. The Morgan fingerprint density at radius 1 is 1.07 bits per heavy atom. The van der Waals surface area contributed by atoms with Crippen LogP contribution in [0, 0.1) is 11.3 Å². The van der Waals surface area contributed by atoms with E-state index in [2.05, 4.69) is 16.3 Å². The monoisotopic (exact) mass is 357 g/mol. The Labute approximate surface area is 155 Å². The van der Waals surface area contributed by atoms with Crippen molar-refractivity contribution < 1.29 is 9.52 Å². The van der Waals surface area contributed by atoms with Gasteiger partial charge in [0.15, 0.2) is 0 Å². The van der Waals surface area contributed by atoms with Crippen molar-refractivity contribution in [2.45, 2.75) is 6.54 Å². The normalized spacial score (nSPS) is 10.5. The summed E-state index contributed by atoms with van der Waals surface area (Å²) in [5.74, 6) is 0.842. The molecule has 0 saturated heterocycles. The molecule has 0 saturated carbocycles. The van der Waals surface area contributed by atoms with E-state index in [9.17, 15) is 10.4 Å². The van der Waals surface area contributed by atoms with Gasteiger partial charge in [0.05, 0.1) is 30.1 Å². The van der Waals surface area contributed by atoms with Gasteiger partial charge in [-0.3, -0.25) is 5.01 Å². The number of hydrogen-bond donors (Lipinski definition) is 1. The molecule has 0 bridgehead atoms. The number of benzene rings is 2. The van der Waals surface area contributed by atoms with Gasteiger partial charge >= 0.3 is 0 Å². The Hall–Kier alpha value is -4.05. The fourth-order valence-electron chi connectivity index (χ4n) is 2.83. The number of nitrogens with zero attached hydrogens (tertiary/aromatic N) is 5. The summed E-state index contributed by atoms with van der Waals surface area (Å²) in [5, 5.41) is 28.7. The van der Waals surface area contributed by atoms with Crippen molar-refractivity contribution in [3.63, 3.8) is 0 Å². The van der Waals surface area contributed by atoms with Gasteiger partial charge in [-0.15, -0.1) is 10.2 Å². The smallest absolute Gasteiger partial charge is 0.139 e. The number of phenols is 1. The Kier molecular flexibility index (Phi) is 4.29. The summed E-state index contributed by atoms with van der Waals surface area (Å²) in [6.45, 7) is 0.516. The van der Waals surface area contributed by atoms with E-state index in [-0.39, 0.29) is 5.75 Å². The van der Waals surface area contributed by atoms with E-state index >= 15 is 0 Å². The third kappa shape index (κ3) is 3.37. The lowest BCUT2D eigenvalue weighted by atomic mass is 10.0. The fourth-order valence-corrected chi connectivity index (χ4v) is 2.83. The molecule has 0 amide bonds. The van der Waals surface area contributed by atoms with Gasteiger partial charge < -0.3 is 9.52 Å². The average Bonchev–Trinajstić information content (AvgIpc) is 3.41. The largest absolute Gasteiger partial charge is 0.508 e. The van der Waals surface area contributed by atoms with Gasteiger partial charge in [0.1, 0.15) is 24.2 Å². The molecule has 2 aromatic carbocycles. The van der Waals surface area contributed by atoms with Gasteiger partial charge in [0.25, 0.3) is 0 Å². The maximum Gasteiger partial charge on any atom is 0.139 e. The molecule has 4 rings (SSSR count). The van der Waals surface area contributed by atoms with E-state index in [4.69, 9.17) is 4.42 Å². The van der Waals surface area contributed by atoms with Crippen molar-refractivity contribution in [2.75, 3.05) is 5.01 Å². The second kappa shape index (κ2) is 7.06. The van der Waals surface area contributed by atoms with Crippen LogP contribution in [0.3, 0.4) is 0 Å². The number of anilines is 1. The van der Waals surface area contributed by atoms with Crippen molar-refractivity contribution in [1.29, 1.82) is 5.26 Å². The molecular weight excluding hydrogens is 342 g/mol. The summed E-state index contributed by atoms with van der Waals surface area (Å²) in [7, 11) is 0. The van der Waals surface area contributed by atoms with Gasteiger partial charge in [0, 0.05) is 5.56 Å². The first-order chi connectivity index (χ1) is 13.2. The van der Waals surface area contributed by atoms with Gasteiger partial charge in [-0.2, -0.15) is 5.26 Å². The average molecular weight is 357 g/mol. The quantitative estimate of drug-likeness (QED) is 0.587. The molecule has 0 atom stereocenters. The molecule has 7 nitrogen and oxygen atoms in total. The number of nitriles is 1. The summed E-state index contributed by atoms with van der Waals surface area (Å²) in [6.07, 6.45) is 4.79. The standard InChI is InChI=1S/C20H15N5O2/c21-11-16-5-6-17(10-19(16)20-2-1-9-27-20)25(24-13-22-23-14-24)12-15-3-7-18(26)8-4-15/h1-10,13-14,26H,12H2. The summed E-state index contributed by atoms with van der Waals surface area (Å²) >= 11 is 0. The molecule has 0 aliphatic carbocycles. The third-order valence-corrected chi connectivity index (χ3v) is 4.16. The molecule has 0 aliphatic heterocycles. The van der Waals surface area contributed by atoms with E-state index in [1.807, 2.05) is 35.3 Å². The highest BCUT2D eigenvalue weighted by atomic mass is 16.3. The first kappa shape index (κ1) is 16.4. The van der Waals surface area contributed by atoms with E-state index in [0.717, 1.165) is 11.3 Å². The van der Waals surface area contributed by atoms with Gasteiger partial charge in [-0.1, -0.05) is 12.1 Å². The van der Waals surface area contributed by atoms with Crippen LogP contribution in [0.5, 0.6) is 5.75 Å². The van der Waals surface area contributed by atoms with Crippen LogP contribution in [-0.2, 0) is 6.54 Å². The van der Waals surface area contributed by atoms with Gasteiger partial charge in [0.2, 0.25) is 0 Å². The zero-order valence-corrected chi connectivity index (χ0v) is 14.2. The van der Waals surface area contributed by atoms with Crippen LogP contribution in [0.25, 0.3) is 11.3 Å². The van der Waals surface area contributed by atoms with Crippen molar-refractivity contribution in [3.05, 3.63) is 84.6 Å². The molecule has 132 valence electrons. The molecule has 0 unspecified atom stereocenters. The maximum absolute atomic E-state index is 9.51. The minimum absolute atomic E-state index is 0.216. The number of furan rings is 1. The minimum atomic E-state index is 0.216. The zero-order valence-electron chi connectivity index (χ0n) is 14.2. The lowest BCUT2D eigenvalue weighted by Gasteiger charge is -2.25. The van der Waals surface area contributed by atoms with E-state index < -0.39 is 0 Å². The lowest BCUT2D eigenvalue weighted by Crippen LogP contribution is -2.27. The van der Waals surface area contributed by atoms with E-state index in [0.29, 0.717) is 23.4 Å². The molecule has 7 heteroatoms. The molecule has 0 radical (unpaired) electrons. The van der Waals surface area contributed by atoms with E-state index in [1.165, 1.54) is 0 Å². The van der Waals surface area contributed by atoms with Crippen molar-refractivity contribution >= 4 is 5.69 Å². The Bertz CT molecular complexity index is 1060. The van der Waals surface area contributed by atoms with Crippen LogP contribution in [0.15, 0.2) is 77.9 Å². The van der Waals surface area contributed by atoms with Crippen molar-refractivity contribution in [2.24, 2.45) is 0 Å². The molecule has 0 spiro atoms. The predicted octanol–water partition coefficient (Wildman–Crippen LogP) is 3.59. The number of rotatable bonds is 5. The van der Waals surface area contributed by atoms with Crippen LogP contribution in [0.4, 0.5) is 5.69 Å². The third-order valence-electron chi connectivity index (χ3n) is 4.16. The molecular formula is C20H15N5O2. The summed E-state index contributed by atoms with van der Waals surface area (Å²) < 4.78 is 7.25. The van der Waals surface area contributed by atoms with Crippen molar-refractivity contribution in [3.8, 4) is 23.1 Å². The number of aromatic nitrogens is 3. The summed E-state index contributed by atoms with van der Waals surface area (Å²) in [5.41, 5.74) is 3.07. The molecule has 4 aromatic rings. The highest BCUT2D eigenvalue weighted by Gasteiger charge is 2.15. The molecule has 1 N–H and O–H groups in total. The summed E-state index contributed by atoms with van der Waals surface area (Å²) in [6, 6.07) is 18.3. The first-order valence-corrected chi connectivity index (χ1v) is 8.23. The molecule has 2 aromatic heterocycles. The maximum atomic E-state index is 9.51. The van der Waals surface area contributed by atoms with Crippen LogP contribution in [0.2, 0.25) is 0 Å². The second-order valence-corrected chi connectivity index (χ2v) is 5.88. The summed E-state index contributed by atoms with van der Waals surface area (Å²) in [4.78, 5) is 0. The number of hydrogen-bond acceptors (Lipinski definition) is 6. The van der Waals surface area contributed by atoms with Crippen LogP contribution in [0.1, 0.15) is 11.1 Å². The molecule has 2 heterocycles.